The van der Waals surface area contributed by atoms with Crippen molar-refractivity contribution in [1.82, 2.24) is 5.16 Å². The second-order valence-corrected chi connectivity index (χ2v) is 6.29. The van der Waals surface area contributed by atoms with E-state index in [1.807, 2.05) is 31.2 Å². The number of hydrogen-bond donors (Lipinski definition) is 1. The van der Waals surface area contributed by atoms with E-state index < -0.39 is 0 Å². The van der Waals surface area contributed by atoms with Gasteiger partial charge in [-0.2, -0.15) is 0 Å². The molecule has 134 valence electrons. The summed E-state index contributed by atoms with van der Waals surface area (Å²) >= 11 is 0. The van der Waals surface area contributed by atoms with Crippen molar-refractivity contribution >= 4 is 22.5 Å². The highest BCUT2D eigenvalue weighted by Gasteiger charge is 2.14. The van der Waals surface area contributed by atoms with E-state index in [1.165, 1.54) is 5.56 Å². The zero-order valence-electron chi connectivity index (χ0n) is 15.0. The summed E-state index contributed by atoms with van der Waals surface area (Å²) in [7, 11) is 1.60. The number of carbonyl (C=O) groups is 1. The van der Waals surface area contributed by atoms with Gasteiger partial charge in [0.15, 0.2) is 5.76 Å². The fourth-order valence-electron chi connectivity index (χ4n) is 2.87. The normalized spacial score (nSPS) is 10.7. The van der Waals surface area contributed by atoms with Crippen LogP contribution in [0.2, 0.25) is 0 Å². The monoisotopic (exact) mass is 358 g/mol. The van der Waals surface area contributed by atoms with Crippen molar-refractivity contribution in [3.05, 3.63) is 77.9 Å². The maximum atomic E-state index is 12.6. The van der Waals surface area contributed by atoms with Crippen molar-refractivity contribution in [2.24, 2.45) is 0 Å². The number of hydrogen-bond acceptors (Lipinski definition) is 4. The van der Waals surface area contributed by atoms with Crippen LogP contribution in [0.5, 0.6) is 5.75 Å². The maximum Gasteiger partial charge on any atom is 0.255 e. The predicted molar refractivity (Wildman–Crippen MR) is 105 cm³/mol. The number of methoxy groups -OCH3 is 1. The lowest BCUT2D eigenvalue weighted by atomic mass is 10.0. The third kappa shape index (κ3) is 3.40. The first kappa shape index (κ1) is 16.8. The zero-order chi connectivity index (χ0) is 18.8. The van der Waals surface area contributed by atoms with E-state index >= 15 is 0 Å². The van der Waals surface area contributed by atoms with Crippen LogP contribution in [0.4, 0.5) is 5.69 Å². The third-order valence-corrected chi connectivity index (χ3v) is 4.40. The molecule has 5 nitrogen and oxygen atoms in total. The molecule has 5 heteroatoms. The van der Waals surface area contributed by atoms with Gasteiger partial charge < -0.3 is 14.6 Å². The Morgan fingerprint density at radius 1 is 1.00 bits per heavy atom. The number of ether oxygens (including phenoxy) is 1. The van der Waals surface area contributed by atoms with Gasteiger partial charge in [0.05, 0.1) is 12.5 Å². The molecule has 1 N–H and O–H groups in total. The third-order valence-electron chi connectivity index (χ3n) is 4.40. The van der Waals surface area contributed by atoms with Crippen LogP contribution in [0.1, 0.15) is 15.9 Å². The molecule has 3 aromatic carbocycles. The van der Waals surface area contributed by atoms with Crippen LogP contribution in [0.3, 0.4) is 0 Å². The van der Waals surface area contributed by atoms with Gasteiger partial charge in [-0.05, 0) is 49.4 Å². The van der Waals surface area contributed by atoms with Crippen LogP contribution in [0.25, 0.3) is 22.2 Å². The summed E-state index contributed by atoms with van der Waals surface area (Å²) in [5.74, 6) is 1.20. The van der Waals surface area contributed by atoms with E-state index in [9.17, 15) is 4.79 Å². The number of aryl methyl sites for hydroxylation is 1. The van der Waals surface area contributed by atoms with Crippen molar-refractivity contribution in [3.63, 3.8) is 0 Å². The van der Waals surface area contributed by atoms with E-state index in [2.05, 4.69) is 10.5 Å². The van der Waals surface area contributed by atoms with Crippen LogP contribution in [-0.2, 0) is 0 Å². The Bertz CT molecular complexity index is 1100. The number of anilines is 1. The summed E-state index contributed by atoms with van der Waals surface area (Å²) in [5, 5.41) is 7.79. The van der Waals surface area contributed by atoms with E-state index in [0.29, 0.717) is 22.5 Å². The average molecular weight is 358 g/mol. The van der Waals surface area contributed by atoms with Gasteiger partial charge in [0.25, 0.3) is 5.91 Å². The number of rotatable bonds is 4. The first-order chi connectivity index (χ1) is 13.1. The molecule has 1 aromatic heterocycles. The lowest BCUT2D eigenvalue weighted by Crippen LogP contribution is -2.11. The molecule has 0 radical (unpaired) electrons. The van der Waals surface area contributed by atoms with Gasteiger partial charge in [0, 0.05) is 16.8 Å². The van der Waals surface area contributed by atoms with Crippen molar-refractivity contribution in [2.75, 3.05) is 12.4 Å². The van der Waals surface area contributed by atoms with Crippen LogP contribution in [-0.4, -0.2) is 18.2 Å². The molecule has 0 fully saturated rings. The van der Waals surface area contributed by atoms with Crippen LogP contribution in [0.15, 0.2) is 71.3 Å². The van der Waals surface area contributed by atoms with Crippen molar-refractivity contribution in [1.29, 1.82) is 0 Å². The molecule has 0 bridgehead atoms. The molecule has 1 amide bonds. The zero-order valence-corrected chi connectivity index (χ0v) is 15.0. The number of amides is 1. The quantitative estimate of drug-likeness (QED) is 0.553. The average Bonchev–Trinajstić information content (AvgIpc) is 3.12. The topological polar surface area (TPSA) is 64.4 Å². The standard InChI is InChI=1S/C22H18N2O3/c1-14-3-5-15(6-4-14)21-19-13-16(7-12-20(19)24-27-21)22(25)23-17-8-10-18(26-2)11-9-17/h3-13H,1-2H3,(H,23,25). The number of benzene rings is 3. The molecule has 0 spiro atoms. The van der Waals surface area contributed by atoms with E-state index in [0.717, 1.165) is 16.7 Å². The molecule has 4 aromatic rings. The number of carbonyl (C=O) groups excluding carboxylic acids is 1. The minimum absolute atomic E-state index is 0.196. The summed E-state index contributed by atoms with van der Waals surface area (Å²) < 4.78 is 10.7. The Morgan fingerprint density at radius 2 is 1.74 bits per heavy atom. The first-order valence-corrected chi connectivity index (χ1v) is 8.56. The van der Waals surface area contributed by atoms with Gasteiger partial charge >= 0.3 is 0 Å². The molecule has 4 rings (SSSR count). The van der Waals surface area contributed by atoms with Gasteiger partial charge in [-0.1, -0.05) is 35.0 Å². The Morgan fingerprint density at radius 3 is 2.44 bits per heavy atom. The van der Waals surface area contributed by atoms with Crippen molar-refractivity contribution in [3.8, 4) is 17.1 Å². The molecule has 0 aliphatic carbocycles. The van der Waals surface area contributed by atoms with E-state index in [4.69, 9.17) is 9.26 Å². The SMILES string of the molecule is COc1ccc(NC(=O)c2ccc3noc(-c4ccc(C)cc4)c3c2)cc1. The summed E-state index contributed by atoms with van der Waals surface area (Å²) in [6.45, 7) is 2.03. The summed E-state index contributed by atoms with van der Waals surface area (Å²) in [5.41, 5.74) is 4.05. The second-order valence-electron chi connectivity index (χ2n) is 6.29. The van der Waals surface area contributed by atoms with Gasteiger partial charge in [-0.15, -0.1) is 0 Å². The molecule has 1 heterocycles. The van der Waals surface area contributed by atoms with Crippen molar-refractivity contribution < 1.29 is 14.1 Å². The number of fused-ring (bicyclic) bond motifs is 1. The summed E-state index contributed by atoms with van der Waals surface area (Å²) in [6, 6.07) is 20.5. The van der Waals surface area contributed by atoms with Gasteiger partial charge in [-0.25, -0.2) is 0 Å². The lowest BCUT2D eigenvalue weighted by Gasteiger charge is -2.06. The highest BCUT2D eigenvalue weighted by atomic mass is 16.5. The van der Waals surface area contributed by atoms with Gasteiger partial charge in [-0.3, -0.25) is 4.79 Å². The fourth-order valence-corrected chi connectivity index (χ4v) is 2.87. The molecule has 27 heavy (non-hydrogen) atoms. The molecule has 0 unspecified atom stereocenters. The number of aromatic nitrogens is 1. The fraction of sp³-hybridized carbons (Fsp3) is 0.0909. The minimum Gasteiger partial charge on any atom is -0.497 e. The highest BCUT2D eigenvalue weighted by molar-refractivity contribution is 6.07. The summed E-state index contributed by atoms with van der Waals surface area (Å²) in [4.78, 5) is 12.6. The lowest BCUT2D eigenvalue weighted by molar-refractivity contribution is 0.102. The van der Waals surface area contributed by atoms with E-state index in [-0.39, 0.29) is 5.91 Å². The molecule has 0 saturated carbocycles. The second kappa shape index (κ2) is 6.96. The Kier molecular flexibility index (Phi) is 4.34. The van der Waals surface area contributed by atoms with Crippen LogP contribution in [0, 0.1) is 6.92 Å². The molecular weight excluding hydrogens is 340 g/mol. The van der Waals surface area contributed by atoms with Gasteiger partial charge in [0.2, 0.25) is 0 Å². The Hall–Kier alpha value is -3.60. The van der Waals surface area contributed by atoms with E-state index in [1.54, 1.807) is 49.6 Å². The Labute approximate surface area is 156 Å². The van der Waals surface area contributed by atoms with Crippen LogP contribution < -0.4 is 10.1 Å². The maximum absolute atomic E-state index is 12.6. The smallest absolute Gasteiger partial charge is 0.255 e. The first-order valence-electron chi connectivity index (χ1n) is 8.56. The number of nitrogens with one attached hydrogen (secondary N) is 1. The molecule has 0 aliphatic rings. The largest absolute Gasteiger partial charge is 0.497 e. The van der Waals surface area contributed by atoms with Gasteiger partial charge in [0.1, 0.15) is 11.3 Å². The minimum atomic E-state index is -0.196. The molecular formula is C22H18N2O3. The molecule has 0 atom stereocenters. The van der Waals surface area contributed by atoms with Crippen molar-refractivity contribution in [2.45, 2.75) is 6.92 Å². The van der Waals surface area contributed by atoms with Crippen LogP contribution >= 0.6 is 0 Å². The number of nitrogens with zero attached hydrogens (tertiary/aromatic N) is 1. The highest BCUT2D eigenvalue weighted by Crippen LogP contribution is 2.29. The predicted octanol–water partition coefficient (Wildman–Crippen LogP) is 5.06. The molecule has 0 saturated heterocycles. The summed E-state index contributed by atoms with van der Waals surface area (Å²) in [6.07, 6.45) is 0. The Balaban J connectivity index is 1.64. The molecule has 0 aliphatic heterocycles.